The third-order valence-electron chi connectivity index (χ3n) is 4.91. The Morgan fingerprint density at radius 2 is 1.89 bits per heavy atom. The summed E-state index contributed by atoms with van der Waals surface area (Å²) in [5, 5.41) is 12.6. The molecule has 10 heteroatoms. The number of carbonyl (C=O) groups is 1. The standard InChI is InChI=1S/C25H24N6O3S/c1-33-21-12-7-11-19(14-21)22(32)17-35-25-30-29-24(31(25)26)28-27-15-20-10-5-6-13-23(20)34-16-18-8-3-2-4-9-18/h2-15H,16-17,26H2,1H3,(H,28,29)/b27-15+. The van der Waals surface area contributed by atoms with Crippen molar-refractivity contribution in [2.75, 3.05) is 24.1 Å². The summed E-state index contributed by atoms with van der Waals surface area (Å²) in [4.78, 5) is 12.5. The maximum atomic E-state index is 12.5. The molecule has 0 atom stereocenters. The van der Waals surface area contributed by atoms with Crippen LogP contribution in [-0.2, 0) is 6.61 Å². The number of aromatic nitrogens is 3. The minimum atomic E-state index is -0.0726. The molecular formula is C25H24N6O3S. The Bertz CT molecular complexity index is 1310. The Morgan fingerprint density at radius 1 is 1.09 bits per heavy atom. The first kappa shape index (κ1) is 23.8. The number of carbonyl (C=O) groups excluding carboxylic acids is 1. The number of hydrazone groups is 1. The summed E-state index contributed by atoms with van der Waals surface area (Å²) in [5.74, 6) is 7.71. The monoisotopic (exact) mass is 488 g/mol. The molecule has 0 spiro atoms. The smallest absolute Gasteiger partial charge is 0.264 e. The van der Waals surface area contributed by atoms with Gasteiger partial charge in [-0.15, -0.1) is 10.2 Å². The molecule has 1 heterocycles. The van der Waals surface area contributed by atoms with E-state index < -0.39 is 0 Å². The van der Waals surface area contributed by atoms with Gasteiger partial charge in [-0.05, 0) is 29.8 Å². The molecule has 0 unspecified atom stereocenters. The Balaban J connectivity index is 1.34. The lowest BCUT2D eigenvalue weighted by Gasteiger charge is -2.09. The zero-order valence-electron chi connectivity index (χ0n) is 19.0. The molecule has 4 rings (SSSR count). The second kappa shape index (κ2) is 11.7. The zero-order chi connectivity index (χ0) is 24.5. The van der Waals surface area contributed by atoms with E-state index in [0.717, 1.165) is 11.1 Å². The summed E-state index contributed by atoms with van der Waals surface area (Å²) in [5.41, 5.74) is 5.19. The van der Waals surface area contributed by atoms with Crippen molar-refractivity contribution in [1.82, 2.24) is 14.9 Å². The van der Waals surface area contributed by atoms with Crippen LogP contribution in [0.25, 0.3) is 0 Å². The Morgan fingerprint density at radius 3 is 2.71 bits per heavy atom. The van der Waals surface area contributed by atoms with Gasteiger partial charge in [0.2, 0.25) is 5.16 Å². The van der Waals surface area contributed by atoms with Gasteiger partial charge in [0.15, 0.2) is 5.78 Å². The van der Waals surface area contributed by atoms with E-state index in [1.807, 2.05) is 54.6 Å². The van der Waals surface area contributed by atoms with Gasteiger partial charge in [0.25, 0.3) is 5.95 Å². The molecule has 0 amide bonds. The minimum absolute atomic E-state index is 0.0726. The molecule has 35 heavy (non-hydrogen) atoms. The fourth-order valence-electron chi connectivity index (χ4n) is 3.08. The van der Waals surface area contributed by atoms with Crippen molar-refractivity contribution < 1.29 is 14.3 Å². The molecule has 0 fully saturated rings. The number of benzene rings is 3. The SMILES string of the molecule is COc1cccc(C(=O)CSc2nnc(N/N=C/c3ccccc3OCc3ccccc3)n2N)c1. The van der Waals surface area contributed by atoms with Gasteiger partial charge < -0.3 is 15.3 Å². The molecule has 0 aliphatic carbocycles. The van der Waals surface area contributed by atoms with Crippen molar-refractivity contribution >= 4 is 29.7 Å². The zero-order valence-corrected chi connectivity index (χ0v) is 19.8. The first-order chi connectivity index (χ1) is 17.1. The highest BCUT2D eigenvalue weighted by Gasteiger charge is 2.13. The first-order valence-corrected chi connectivity index (χ1v) is 11.7. The molecule has 0 saturated carbocycles. The van der Waals surface area contributed by atoms with Crippen molar-refractivity contribution in [2.24, 2.45) is 5.10 Å². The van der Waals surface area contributed by atoms with Gasteiger partial charge in [-0.3, -0.25) is 4.79 Å². The Hall–Kier alpha value is -4.31. The lowest BCUT2D eigenvalue weighted by atomic mass is 10.1. The number of nitrogens with one attached hydrogen (secondary N) is 1. The van der Waals surface area contributed by atoms with Crippen LogP contribution in [0.1, 0.15) is 21.5 Å². The van der Waals surface area contributed by atoms with E-state index in [1.165, 1.54) is 16.4 Å². The van der Waals surface area contributed by atoms with Crippen molar-refractivity contribution in [2.45, 2.75) is 11.8 Å². The van der Waals surface area contributed by atoms with E-state index in [2.05, 4.69) is 20.7 Å². The summed E-state index contributed by atoms with van der Waals surface area (Å²) >= 11 is 1.18. The number of methoxy groups -OCH3 is 1. The fourth-order valence-corrected chi connectivity index (χ4v) is 3.83. The van der Waals surface area contributed by atoms with Crippen LogP contribution in [0.15, 0.2) is 89.1 Å². The Kier molecular flexibility index (Phi) is 7.97. The number of hydrogen-bond donors (Lipinski definition) is 2. The molecule has 0 saturated heterocycles. The highest BCUT2D eigenvalue weighted by atomic mass is 32.2. The lowest BCUT2D eigenvalue weighted by molar-refractivity contribution is 0.102. The summed E-state index contributed by atoms with van der Waals surface area (Å²) in [6.45, 7) is 0.450. The van der Waals surface area contributed by atoms with E-state index in [4.69, 9.17) is 15.3 Å². The number of ketones is 1. The molecule has 4 aromatic rings. The van der Waals surface area contributed by atoms with Gasteiger partial charge in [-0.25, -0.2) is 10.1 Å². The number of para-hydroxylation sites is 1. The van der Waals surface area contributed by atoms with Crippen LogP contribution in [-0.4, -0.2) is 39.7 Å². The molecule has 0 aliphatic rings. The van der Waals surface area contributed by atoms with E-state index in [9.17, 15) is 4.79 Å². The number of anilines is 1. The molecule has 0 bridgehead atoms. The normalized spacial score (nSPS) is 10.9. The number of nitrogens with two attached hydrogens (primary N) is 1. The highest BCUT2D eigenvalue weighted by molar-refractivity contribution is 7.99. The van der Waals surface area contributed by atoms with Gasteiger partial charge in [-0.1, -0.05) is 66.4 Å². The third kappa shape index (κ3) is 6.39. The molecule has 0 aliphatic heterocycles. The second-order valence-corrected chi connectivity index (χ2v) is 8.24. The summed E-state index contributed by atoms with van der Waals surface area (Å²) in [6.07, 6.45) is 1.62. The van der Waals surface area contributed by atoms with Crippen LogP contribution in [0.5, 0.6) is 11.5 Å². The molecule has 3 aromatic carbocycles. The van der Waals surface area contributed by atoms with Crippen molar-refractivity contribution in [3.8, 4) is 11.5 Å². The molecule has 1 aromatic heterocycles. The van der Waals surface area contributed by atoms with Gasteiger partial charge >= 0.3 is 0 Å². The van der Waals surface area contributed by atoms with E-state index >= 15 is 0 Å². The van der Waals surface area contributed by atoms with Crippen LogP contribution in [0.4, 0.5) is 5.95 Å². The highest BCUT2D eigenvalue weighted by Crippen LogP contribution is 2.21. The van der Waals surface area contributed by atoms with Crippen molar-refractivity contribution in [1.29, 1.82) is 0 Å². The lowest BCUT2D eigenvalue weighted by Crippen LogP contribution is -2.14. The van der Waals surface area contributed by atoms with Crippen LogP contribution < -0.4 is 20.7 Å². The van der Waals surface area contributed by atoms with Crippen LogP contribution in [0.3, 0.4) is 0 Å². The van der Waals surface area contributed by atoms with E-state index in [-0.39, 0.29) is 17.5 Å². The summed E-state index contributed by atoms with van der Waals surface area (Å²) in [6, 6.07) is 24.5. The number of nitrogens with zero attached hydrogens (tertiary/aromatic N) is 4. The van der Waals surface area contributed by atoms with Gasteiger partial charge in [-0.2, -0.15) is 5.10 Å². The maximum Gasteiger partial charge on any atom is 0.264 e. The van der Waals surface area contributed by atoms with Crippen molar-refractivity contribution in [3.63, 3.8) is 0 Å². The van der Waals surface area contributed by atoms with Crippen LogP contribution in [0, 0.1) is 0 Å². The average molecular weight is 489 g/mol. The quantitative estimate of drug-likeness (QED) is 0.107. The number of nitrogen functional groups attached to an aromatic ring is 1. The second-order valence-electron chi connectivity index (χ2n) is 7.30. The molecule has 178 valence electrons. The van der Waals surface area contributed by atoms with Crippen LogP contribution >= 0.6 is 11.8 Å². The van der Waals surface area contributed by atoms with Crippen molar-refractivity contribution in [3.05, 3.63) is 95.6 Å². The third-order valence-corrected chi connectivity index (χ3v) is 5.86. The van der Waals surface area contributed by atoms with Crippen LogP contribution in [0.2, 0.25) is 0 Å². The first-order valence-electron chi connectivity index (χ1n) is 10.7. The minimum Gasteiger partial charge on any atom is -0.497 e. The largest absolute Gasteiger partial charge is 0.497 e. The number of hydrogen-bond acceptors (Lipinski definition) is 9. The van der Waals surface area contributed by atoms with E-state index in [1.54, 1.807) is 37.6 Å². The maximum absolute atomic E-state index is 12.5. The average Bonchev–Trinajstić information content (AvgIpc) is 3.26. The molecular weight excluding hydrogens is 464 g/mol. The molecule has 0 radical (unpaired) electrons. The topological polar surface area (TPSA) is 117 Å². The number of thioether (sulfide) groups is 1. The van der Waals surface area contributed by atoms with Gasteiger partial charge in [0.1, 0.15) is 18.1 Å². The van der Waals surface area contributed by atoms with Gasteiger partial charge in [0, 0.05) is 11.1 Å². The molecule has 9 nitrogen and oxygen atoms in total. The van der Waals surface area contributed by atoms with Gasteiger partial charge in [0.05, 0.1) is 19.1 Å². The number of rotatable bonds is 11. The number of Topliss-reactive ketones (excluding diaryl/α,β-unsaturated/α-hetero) is 1. The molecule has 3 N–H and O–H groups in total. The summed E-state index contributed by atoms with van der Waals surface area (Å²) in [7, 11) is 1.56. The summed E-state index contributed by atoms with van der Waals surface area (Å²) < 4.78 is 12.4. The Labute approximate surface area is 206 Å². The number of ether oxygens (including phenoxy) is 2. The predicted octanol–water partition coefficient (Wildman–Crippen LogP) is 4.00. The predicted molar refractivity (Wildman–Crippen MR) is 137 cm³/mol. The van der Waals surface area contributed by atoms with E-state index in [0.29, 0.717) is 28.8 Å². The fraction of sp³-hybridized carbons (Fsp3) is 0.120.